The van der Waals surface area contributed by atoms with Crippen molar-refractivity contribution >= 4 is 22.9 Å². The maximum Gasteiger partial charge on any atom is 0.0931 e. The van der Waals surface area contributed by atoms with E-state index in [2.05, 4.69) is 45.6 Å². The Morgan fingerprint density at radius 1 is 1.15 bits per heavy atom. The zero-order valence-corrected chi connectivity index (χ0v) is 15.0. The maximum absolute atomic E-state index is 6.43. The standard InChI is InChI=1S/C16H29ClN2S/c1-6-13(18)16(14-7-8-15(17)20-14)19(9-11(2)3)10-12(4)5/h7-8,11-13,16H,6,9-10,18H2,1-5H3. The normalized spacial score (nSPS) is 15.3. The fraction of sp³-hybridized carbons (Fsp3) is 0.750. The molecule has 0 amide bonds. The molecule has 0 radical (unpaired) electrons. The van der Waals surface area contributed by atoms with Crippen LogP contribution in [-0.4, -0.2) is 24.0 Å². The molecule has 1 heterocycles. The van der Waals surface area contributed by atoms with Gasteiger partial charge >= 0.3 is 0 Å². The number of hydrogen-bond acceptors (Lipinski definition) is 3. The van der Waals surface area contributed by atoms with Crippen molar-refractivity contribution in [2.75, 3.05) is 13.1 Å². The van der Waals surface area contributed by atoms with Gasteiger partial charge in [0.15, 0.2) is 0 Å². The topological polar surface area (TPSA) is 29.3 Å². The van der Waals surface area contributed by atoms with Crippen LogP contribution in [0.2, 0.25) is 4.34 Å². The minimum Gasteiger partial charge on any atom is -0.326 e. The lowest BCUT2D eigenvalue weighted by Crippen LogP contribution is -2.43. The van der Waals surface area contributed by atoms with Crippen LogP contribution in [-0.2, 0) is 0 Å². The minimum absolute atomic E-state index is 0.155. The Hall–Kier alpha value is -0.0900. The second-order valence-electron chi connectivity index (χ2n) is 6.40. The molecule has 116 valence electrons. The largest absolute Gasteiger partial charge is 0.326 e. The Labute approximate surface area is 133 Å². The van der Waals surface area contributed by atoms with Crippen LogP contribution in [0.4, 0.5) is 0 Å². The summed E-state index contributed by atoms with van der Waals surface area (Å²) in [4.78, 5) is 3.84. The van der Waals surface area contributed by atoms with Crippen LogP contribution >= 0.6 is 22.9 Å². The number of nitrogens with two attached hydrogens (primary N) is 1. The molecule has 0 aromatic carbocycles. The van der Waals surface area contributed by atoms with Gasteiger partial charge in [-0.3, -0.25) is 4.90 Å². The van der Waals surface area contributed by atoms with Crippen LogP contribution in [0.3, 0.4) is 0 Å². The third kappa shape index (κ3) is 5.36. The minimum atomic E-state index is 0.155. The molecule has 1 aromatic rings. The monoisotopic (exact) mass is 316 g/mol. The first-order valence-corrected chi connectivity index (χ1v) is 8.79. The molecule has 20 heavy (non-hydrogen) atoms. The number of thiophene rings is 1. The molecule has 0 aliphatic carbocycles. The Morgan fingerprint density at radius 3 is 2.05 bits per heavy atom. The smallest absolute Gasteiger partial charge is 0.0931 e. The summed E-state index contributed by atoms with van der Waals surface area (Å²) >= 11 is 7.79. The lowest BCUT2D eigenvalue weighted by molar-refractivity contribution is 0.136. The van der Waals surface area contributed by atoms with E-state index in [9.17, 15) is 0 Å². The molecule has 2 nitrogen and oxygen atoms in total. The Bertz CT molecular complexity index is 380. The number of hydrogen-bond donors (Lipinski definition) is 1. The first kappa shape index (κ1) is 18.0. The summed E-state index contributed by atoms with van der Waals surface area (Å²) in [5.74, 6) is 1.27. The molecule has 0 bridgehead atoms. The van der Waals surface area contributed by atoms with Crippen LogP contribution < -0.4 is 5.73 Å². The highest BCUT2D eigenvalue weighted by Gasteiger charge is 2.28. The van der Waals surface area contributed by atoms with Gasteiger partial charge in [-0.25, -0.2) is 0 Å². The van der Waals surface area contributed by atoms with Gasteiger partial charge in [-0.05, 0) is 30.4 Å². The molecule has 0 fully saturated rings. The van der Waals surface area contributed by atoms with E-state index >= 15 is 0 Å². The highest BCUT2D eigenvalue weighted by Crippen LogP contribution is 2.34. The Kier molecular flexibility index (Phi) is 7.52. The van der Waals surface area contributed by atoms with E-state index in [0.717, 1.165) is 23.8 Å². The Morgan fingerprint density at radius 2 is 1.70 bits per heavy atom. The van der Waals surface area contributed by atoms with Crippen LogP contribution in [0.25, 0.3) is 0 Å². The Balaban J connectivity index is 3.03. The van der Waals surface area contributed by atoms with Gasteiger partial charge in [-0.2, -0.15) is 0 Å². The van der Waals surface area contributed by atoms with Gasteiger partial charge in [0, 0.05) is 24.0 Å². The van der Waals surface area contributed by atoms with Crippen LogP contribution in [0.15, 0.2) is 12.1 Å². The van der Waals surface area contributed by atoms with E-state index in [1.54, 1.807) is 11.3 Å². The number of nitrogens with zero attached hydrogens (tertiary/aromatic N) is 1. The first-order valence-electron chi connectivity index (χ1n) is 7.60. The molecule has 1 rings (SSSR count). The van der Waals surface area contributed by atoms with Gasteiger partial charge in [-0.15, -0.1) is 11.3 Å². The molecule has 0 aliphatic rings. The third-order valence-corrected chi connectivity index (χ3v) is 4.66. The van der Waals surface area contributed by atoms with Gasteiger partial charge < -0.3 is 5.73 Å². The van der Waals surface area contributed by atoms with E-state index in [4.69, 9.17) is 17.3 Å². The van der Waals surface area contributed by atoms with Crippen molar-refractivity contribution in [1.82, 2.24) is 4.90 Å². The quantitative estimate of drug-likeness (QED) is 0.747. The van der Waals surface area contributed by atoms with E-state index in [-0.39, 0.29) is 12.1 Å². The summed E-state index contributed by atoms with van der Waals surface area (Å²) in [6.45, 7) is 13.4. The fourth-order valence-corrected chi connectivity index (χ4v) is 3.88. The van der Waals surface area contributed by atoms with Gasteiger partial charge in [-0.1, -0.05) is 46.2 Å². The van der Waals surface area contributed by atoms with Crippen molar-refractivity contribution in [2.24, 2.45) is 17.6 Å². The average molecular weight is 317 g/mol. The van der Waals surface area contributed by atoms with E-state index in [1.807, 2.05) is 6.07 Å². The molecule has 0 saturated heterocycles. The summed E-state index contributed by atoms with van der Waals surface area (Å²) < 4.78 is 0.849. The molecular formula is C16H29ClN2S. The predicted molar refractivity (Wildman–Crippen MR) is 91.6 cm³/mol. The highest BCUT2D eigenvalue weighted by atomic mass is 35.5. The highest BCUT2D eigenvalue weighted by molar-refractivity contribution is 7.16. The van der Waals surface area contributed by atoms with Crippen LogP contribution in [0.1, 0.15) is 52.0 Å². The number of rotatable bonds is 8. The molecule has 0 spiro atoms. The lowest BCUT2D eigenvalue weighted by Gasteiger charge is -2.37. The zero-order valence-electron chi connectivity index (χ0n) is 13.4. The molecule has 2 N–H and O–H groups in total. The van der Waals surface area contributed by atoms with Crippen molar-refractivity contribution in [3.63, 3.8) is 0 Å². The summed E-state index contributed by atoms with van der Waals surface area (Å²) in [6.07, 6.45) is 0.979. The van der Waals surface area contributed by atoms with Crippen molar-refractivity contribution in [2.45, 2.75) is 53.1 Å². The van der Waals surface area contributed by atoms with E-state index < -0.39 is 0 Å². The zero-order chi connectivity index (χ0) is 15.3. The summed E-state index contributed by atoms with van der Waals surface area (Å²) in [6, 6.07) is 4.56. The molecular weight excluding hydrogens is 288 g/mol. The van der Waals surface area contributed by atoms with Crippen molar-refractivity contribution in [1.29, 1.82) is 0 Å². The van der Waals surface area contributed by atoms with Gasteiger partial charge in [0.2, 0.25) is 0 Å². The van der Waals surface area contributed by atoms with Crippen LogP contribution in [0.5, 0.6) is 0 Å². The van der Waals surface area contributed by atoms with Gasteiger partial charge in [0.1, 0.15) is 0 Å². The first-order chi connectivity index (χ1) is 9.35. The molecule has 4 heteroatoms. The third-order valence-electron chi connectivity index (χ3n) is 3.36. The van der Waals surface area contributed by atoms with Crippen LogP contribution in [0, 0.1) is 11.8 Å². The SMILES string of the molecule is CCC(N)C(c1ccc(Cl)s1)N(CC(C)C)CC(C)C. The van der Waals surface area contributed by atoms with Gasteiger partial charge in [0.05, 0.1) is 10.4 Å². The molecule has 2 unspecified atom stereocenters. The van der Waals surface area contributed by atoms with Crippen molar-refractivity contribution in [3.8, 4) is 0 Å². The predicted octanol–water partition coefficient (Wildman–Crippen LogP) is 4.79. The second-order valence-corrected chi connectivity index (χ2v) is 8.15. The van der Waals surface area contributed by atoms with E-state index in [0.29, 0.717) is 11.8 Å². The van der Waals surface area contributed by atoms with Crippen molar-refractivity contribution in [3.05, 3.63) is 21.3 Å². The number of halogens is 1. The average Bonchev–Trinajstić information content (AvgIpc) is 2.74. The summed E-state index contributed by atoms with van der Waals surface area (Å²) in [5.41, 5.74) is 6.43. The fourth-order valence-electron chi connectivity index (χ4n) is 2.61. The lowest BCUT2D eigenvalue weighted by atomic mass is 10.00. The van der Waals surface area contributed by atoms with E-state index in [1.165, 1.54) is 4.88 Å². The molecule has 0 saturated carbocycles. The molecule has 0 aliphatic heterocycles. The van der Waals surface area contributed by atoms with Gasteiger partial charge in [0.25, 0.3) is 0 Å². The summed E-state index contributed by atoms with van der Waals surface area (Å²) in [5, 5.41) is 0. The molecule has 2 atom stereocenters. The maximum atomic E-state index is 6.43. The summed E-state index contributed by atoms with van der Waals surface area (Å²) in [7, 11) is 0. The molecule has 1 aromatic heterocycles. The second kappa shape index (κ2) is 8.38. The van der Waals surface area contributed by atoms with Crippen molar-refractivity contribution < 1.29 is 0 Å².